The van der Waals surface area contributed by atoms with Crippen LogP contribution in [0, 0.1) is 0 Å². The fourth-order valence-electron chi connectivity index (χ4n) is 1.71. The average molecular weight is 245 g/mol. The molecule has 0 aromatic carbocycles. The molecule has 1 unspecified atom stereocenters. The van der Waals surface area contributed by atoms with E-state index in [0.29, 0.717) is 6.10 Å². The first-order valence-electron chi connectivity index (χ1n) is 7.12. The number of rotatable bonds is 13. The highest BCUT2D eigenvalue weighted by atomic mass is 16.5. The first-order valence-corrected chi connectivity index (χ1v) is 7.12. The third-order valence-electron chi connectivity index (χ3n) is 2.82. The summed E-state index contributed by atoms with van der Waals surface area (Å²) in [5.74, 6) is 0. The molecule has 0 saturated carbocycles. The molecule has 0 aliphatic rings. The molecule has 0 fully saturated rings. The molecular formula is C14H31NO2. The van der Waals surface area contributed by atoms with E-state index in [1.807, 2.05) is 0 Å². The van der Waals surface area contributed by atoms with Gasteiger partial charge in [-0.25, -0.2) is 0 Å². The van der Waals surface area contributed by atoms with E-state index in [2.05, 4.69) is 19.2 Å². The third-order valence-corrected chi connectivity index (χ3v) is 2.82. The molecule has 0 spiro atoms. The minimum atomic E-state index is 0.308. The molecule has 0 aliphatic carbocycles. The molecule has 104 valence electrons. The number of nitrogens with one attached hydrogen (secondary N) is 1. The fourth-order valence-corrected chi connectivity index (χ4v) is 1.71. The fraction of sp³-hybridized carbons (Fsp3) is 1.00. The Hall–Kier alpha value is -0.120. The van der Waals surface area contributed by atoms with Crippen LogP contribution in [0.3, 0.4) is 0 Å². The Morgan fingerprint density at radius 3 is 2.41 bits per heavy atom. The molecule has 3 nitrogen and oxygen atoms in total. The number of hydrogen-bond acceptors (Lipinski definition) is 3. The highest BCUT2D eigenvalue weighted by Crippen LogP contribution is 2.05. The SMILES string of the molecule is CCCCCCCCOC(C)CNCCOC. The van der Waals surface area contributed by atoms with Crippen molar-refractivity contribution in [1.82, 2.24) is 5.32 Å². The monoisotopic (exact) mass is 245 g/mol. The quantitative estimate of drug-likeness (QED) is 0.506. The molecular weight excluding hydrogens is 214 g/mol. The lowest BCUT2D eigenvalue weighted by atomic mass is 10.1. The zero-order valence-corrected chi connectivity index (χ0v) is 12.0. The Bertz CT molecular complexity index is 142. The number of ether oxygens (including phenoxy) is 2. The summed E-state index contributed by atoms with van der Waals surface area (Å²) in [4.78, 5) is 0. The van der Waals surface area contributed by atoms with Crippen molar-refractivity contribution in [3.8, 4) is 0 Å². The predicted molar refractivity (Wildman–Crippen MR) is 73.5 cm³/mol. The van der Waals surface area contributed by atoms with E-state index in [4.69, 9.17) is 9.47 Å². The second-order valence-corrected chi connectivity index (χ2v) is 4.65. The lowest BCUT2D eigenvalue weighted by Gasteiger charge is -2.13. The Morgan fingerprint density at radius 2 is 1.71 bits per heavy atom. The van der Waals surface area contributed by atoms with Gasteiger partial charge in [0.15, 0.2) is 0 Å². The van der Waals surface area contributed by atoms with Gasteiger partial charge in [0.05, 0.1) is 12.7 Å². The first kappa shape index (κ1) is 16.9. The van der Waals surface area contributed by atoms with Crippen molar-refractivity contribution in [2.24, 2.45) is 0 Å². The third kappa shape index (κ3) is 13.8. The summed E-state index contributed by atoms with van der Waals surface area (Å²) < 4.78 is 10.7. The molecule has 0 amide bonds. The summed E-state index contributed by atoms with van der Waals surface area (Å²) in [7, 11) is 1.72. The topological polar surface area (TPSA) is 30.5 Å². The van der Waals surface area contributed by atoms with Crippen LogP contribution in [-0.4, -0.2) is 39.5 Å². The molecule has 0 aliphatic heterocycles. The molecule has 3 heteroatoms. The van der Waals surface area contributed by atoms with Crippen LogP contribution in [0.2, 0.25) is 0 Å². The Labute approximate surface area is 107 Å². The molecule has 17 heavy (non-hydrogen) atoms. The van der Waals surface area contributed by atoms with Crippen LogP contribution in [0.4, 0.5) is 0 Å². The Kier molecular flexibility index (Phi) is 13.8. The van der Waals surface area contributed by atoms with Gasteiger partial charge < -0.3 is 14.8 Å². The van der Waals surface area contributed by atoms with Gasteiger partial charge >= 0.3 is 0 Å². The van der Waals surface area contributed by atoms with Gasteiger partial charge in [-0.3, -0.25) is 0 Å². The maximum absolute atomic E-state index is 5.73. The van der Waals surface area contributed by atoms with E-state index in [0.717, 1.165) is 26.3 Å². The minimum absolute atomic E-state index is 0.308. The van der Waals surface area contributed by atoms with Gasteiger partial charge in [0.25, 0.3) is 0 Å². The van der Waals surface area contributed by atoms with Gasteiger partial charge in [0.1, 0.15) is 0 Å². The van der Waals surface area contributed by atoms with Crippen molar-refractivity contribution >= 4 is 0 Å². The van der Waals surface area contributed by atoms with E-state index < -0.39 is 0 Å². The van der Waals surface area contributed by atoms with Gasteiger partial charge in [0, 0.05) is 26.8 Å². The Balaban J connectivity index is 3.08. The van der Waals surface area contributed by atoms with Gasteiger partial charge in [-0.2, -0.15) is 0 Å². The van der Waals surface area contributed by atoms with Crippen LogP contribution < -0.4 is 5.32 Å². The average Bonchev–Trinajstić information content (AvgIpc) is 2.33. The predicted octanol–water partition coefficient (Wildman–Crippen LogP) is 2.99. The van der Waals surface area contributed by atoms with Gasteiger partial charge in [-0.05, 0) is 13.3 Å². The van der Waals surface area contributed by atoms with Crippen molar-refractivity contribution in [2.45, 2.75) is 58.5 Å². The molecule has 0 aromatic rings. The van der Waals surface area contributed by atoms with Crippen molar-refractivity contribution in [2.75, 3.05) is 33.4 Å². The molecule has 0 heterocycles. The van der Waals surface area contributed by atoms with Gasteiger partial charge in [-0.1, -0.05) is 39.0 Å². The van der Waals surface area contributed by atoms with Crippen LogP contribution >= 0.6 is 0 Å². The minimum Gasteiger partial charge on any atom is -0.383 e. The normalized spacial score (nSPS) is 12.9. The van der Waals surface area contributed by atoms with Crippen LogP contribution in [-0.2, 0) is 9.47 Å². The van der Waals surface area contributed by atoms with Crippen molar-refractivity contribution in [1.29, 1.82) is 0 Å². The summed E-state index contributed by atoms with van der Waals surface area (Å²) >= 11 is 0. The first-order chi connectivity index (χ1) is 8.31. The Morgan fingerprint density at radius 1 is 1.00 bits per heavy atom. The number of unbranched alkanes of at least 4 members (excludes halogenated alkanes) is 5. The van der Waals surface area contributed by atoms with Gasteiger partial charge in [-0.15, -0.1) is 0 Å². The van der Waals surface area contributed by atoms with Crippen molar-refractivity contribution in [3.63, 3.8) is 0 Å². The zero-order valence-electron chi connectivity index (χ0n) is 12.0. The van der Waals surface area contributed by atoms with Crippen molar-refractivity contribution in [3.05, 3.63) is 0 Å². The highest BCUT2D eigenvalue weighted by molar-refractivity contribution is 4.55. The second kappa shape index (κ2) is 13.9. The standard InChI is InChI=1S/C14H31NO2/c1-4-5-6-7-8-9-11-17-14(2)13-15-10-12-16-3/h14-15H,4-13H2,1-3H3. The summed E-state index contributed by atoms with van der Waals surface area (Å²) in [6.07, 6.45) is 8.25. The molecule has 1 N–H and O–H groups in total. The van der Waals surface area contributed by atoms with E-state index in [1.165, 1.54) is 38.5 Å². The van der Waals surface area contributed by atoms with Crippen LogP contribution in [0.15, 0.2) is 0 Å². The van der Waals surface area contributed by atoms with Crippen LogP contribution in [0.25, 0.3) is 0 Å². The molecule has 0 aromatic heterocycles. The highest BCUT2D eigenvalue weighted by Gasteiger charge is 2.00. The summed E-state index contributed by atoms with van der Waals surface area (Å²) in [5.41, 5.74) is 0. The lowest BCUT2D eigenvalue weighted by molar-refractivity contribution is 0.0617. The largest absolute Gasteiger partial charge is 0.383 e. The summed E-state index contributed by atoms with van der Waals surface area (Å²) in [6.45, 7) is 7.86. The summed E-state index contributed by atoms with van der Waals surface area (Å²) in [5, 5.41) is 3.30. The molecule has 0 saturated heterocycles. The second-order valence-electron chi connectivity index (χ2n) is 4.65. The smallest absolute Gasteiger partial charge is 0.0671 e. The maximum atomic E-state index is 5.73. The van der Waals surface area contributed by atoms with Gasteiger partial charge in [0.2, 0.25) is 0 Å². The maximum Gasteiger partial charge on any atom is 0.0671 e. The van der Waals surface area contributed by atoms with Crippen molar-refractivity contribution < 1.29 is 9.47 Å². The zero-order chi connectivity index (χ0) is 12.8. The molecule has 1 atom stereocenters. The van der Waals surface area contributed by atoms with E-state index in [-0.39, 0.29) is 0 Å². The summed E-state index contributed by atoms with van der Waals surface area (Å²) in [6, 6.07) is 0. The van der Waals surface area contributed by atoms with Crippen LogP contribution in [0.1, 0.15) is 52.4 Å². The number of hydrogen-bond donors (Lipinski definition) is 1. The van der Waals surface area contributed by atoms with Crippen LogP contribution in [0.5, 0.6) is 0 Å². The van der Waals surface area contributed by atoms with E-state index in [9.17, 15) is 0 Å². The molecule has 0 rings (SSSR count). The molecule has 0 radical (unpaired) electrons. The van der Waals surface area contributed by atoms with E-state index in [1.54, 1.807) is 7.11 Å². The van der Waals surface area contributed by atoms with E-state index >= 15 is 0 Å². The molecule has 0 bridgehead atoms. The lowest BCUT2D eigenvalue weighted by Crippen LogP contribution is -2.29. The number of methoxy groups -OCH3 is 1.